The summed E-state index contributed by atoms with van der Waals surface area (Å²) in [5.41, 5.74) is 4.81. The molecule has 0 saturated heterocycles. The first-order chi connectivity index (χ1) is 15.0. The SMILES string of the molecule is COc1ccc2c(c1)c(CN1CCc3nc(-c4ccc(Cl)cc4)[nH]c(=O)c3C1)cn2C. The number of ether oxygens (including phenoxy) is 1. The molecular weight excluding hydrogens is 412 g/mol. The summed E-state index contributed by atoms with van der Waals surface area (Å²) in [4.78, 5) is 22.8. The summed E-state index contributed by atoms with van der Waals surface area (Å²) >= 11 is 5.98. The quantitative estimate of drug-likeness (QED) is 0.524. The zero-order valence-corrected chi connectivity index (χ0v) is 18.2. The van der Waals surface area contributed by atoms with Crippen LogP contribution in [0.15, 0.2) is 53.5 Å². The number of rotatable bonds is 4. The number of halogens is 1. The van der Waals surface area contributed by atoms with Gasteiger partial charge in [-0.15, -0.1) is 0 Å². The smallest absolute Gasteiger partial charge is 0.255 e. The zero-order chi connectivity index (χ0) is 21.5. The van der Waals surface area contributed by atoms with Gasteiger partial charge in [-0.25, -0.2) is 4.98 Å². The third-order valence-electron chi connectivity index (χ3n) is 5.94. The predicted molar refractivity (Wildman–Crippen MR) is 123 cm³/mol. The van der Waals surface area contributed by atoms with E-state index in [1.54, 1.807) is 19.2 Å². The first-order valence-corrected chi connectivity index (χ1v) is 10.6. The minimum atomic E-state index is -0.0701. The van der Waals surface area contributed by atoms with Gasteiger partial charge in [0.15, 0.2) is 0 Å². The average Bonchev–Trinajstić information content (AvgIpc) is 3.09. The van der Waals surface area contributed by atoms with Gasteiger partial charge in [-0.3, -0.25) is 9.69 Å². The summed E-state index contributed by atoms with van der Waals surface area (Å²) in [5.74, 6) is 1.44. The lowest BCUT2D eigenvalue weighted by Crippen LogP contribution is -2.35. The minimum Gasteiger partial charge on any atom is -0.497 e. The van der Waals surface area contributed by atoms with Crippen LogP contribution in [0.2, 0.25) is 5.02 Å². The highest BCUT2D eigenvalue weighted by Gasteiger charge is 2.22. The fraction of sp³-hybridized carbons (Fsp3) is 0.250. The number of H-pyrrole nitrogens is 1. The van der Waals surface area contributed by atoms with Crippen LogP contribution in [0, 0.1) is 0 Å². The second-order valence-electron chi connectivity index (χ2n) is 7.96. The Hall–Kier alpha value is -3.09. The molecule has 3 heterocycles. The lowest BCUT2D eigenvalue weighted by atomic mass is 10.0. The van der Waals surface area contributed by atoms with Crippen LogP contribution < -0.4 is 10.3 Å². The molecule has 6 nitrogen and oxygen atoms in total. The van der Waals surface area contributed by atoms with Gasteiger partial charge in [0.2, 0.25) is 0 Å². The van der Waals surface area contributed by atoms with E-state index in [9.17, 15) is 4.79 Å². The van der Waals surface area contributed by atoms with E-state index in [2.05, 4.69) is 39.8 Å². The lowest BCUT2D eigenvalue weighted by Gasteiger charge is -2.27. The highest BCUT2D eigenvalue weighted by atomic mass is 35.5. The van der Waals surface area contributed by atoms with E-state index >= 15 is 0 Å². The first-order valence-electron chi connectivity index (χ1n) is 10.2. The van der Waals surface area contributed by atoms with Gasteiger partial charge in [0, 0.05) is 60.8 Å². The molecular formula is C24H23ClN4O2. The Bertz CT molecular complexity index is 1320. The van der Waals surface area contributed by atoms with Crippen LogP contribution in [-0.2, 0) is 26.6 Å². The van der Waals surface area contributed by atoms with Crippen molar-refractivity contribution in [1.82, 2.24) is 19.4 Å². The molecule has 2 aromatic heterocycles. The second kappa shape index (κ2) is 7.87. The number of hydrogen-bond acceptors (Lipinski definition) is 4. The van der Waals surface area contributed by atoms with E-state index < -0.39 is 0 Å². The summed E-state index contributed by atoms with van der Waals surface area (Å²) < 4.78 is 7.54. The summed E-state index contributed by atoms with van der Waals surface area (Å²) in [6, 6.07) is 13.5. The zero-order valence-electron chi connectivity index (χ0n) is 17.5. The Kier molecular flexibility index (Phi) is 5.04. The molecule has 0 atom stereocenters. The molecule has 0 spiro atoms. The molecule has 5 rings (SSSR count). The van der Waals surface area contributed by atoms with E-state index in [-0.39, 0.29) is 5.56 Å². The van der Waals surface area contributed by atoms with E-state index in [1.165, 1.54) is 16.5 Å². The molecule has 7 heteroatoms. The van der Waals surface area contributed by atoms with Crippen LogP contribution >= 0.6 is 11.6 Å². The second-order valence-corrected chi connectivity index (χ2v) is 8.39. The number of fused-ring (bicyclic) bond motifs is 2. The Labute approximate surface area is 185 Å². The molecule has 0 unspecified atom stereocenters. The Morgan fingerprint density at radius 1 is 1.19 bits per heavy atom. The minimum absolute atomic E-state index is 0.0701. The summed E-state index contributed by atoms with van der Waals surface area (Å²) in [6.07, 6.45) is 2.90. The molecule has 31 heavy (non-hydrogen) atoms. The first kappa shape index (κ1) is 19.8. The van der Waals surface area contributed by atoms with E-state index in [1.807, 2.05) is 18.2 Å². The van der Waals surface area contributed by atoms with Gasteiger partial charge >= 0.3 is 0 Å². The van der Waals surface area contributed by atoms with Crippen molar-refractivity contribution in [1.29, 1.82) is 0 Å². The van der Waals surface area contributed by atoms with Crippen LogP contribution in [0.25, 0.3) is 22.3 Å². The maximum Gasteiger partial charge on any atom is 0.255 e. The molecule has 2 aromatic carbocycles. The normalized spacial score (nSPS) is 14.0. The van der Waals surface area contributed by atoms with Crippen molar-refractivity contribution in [2.45, 2.75) is 19.5 Å². The van der Waals surface area contributed by atoms with Crippen molar-refractivity contribution in [3.8, 4) is 17.1 Å². The standard InChI is InChI=1S/C24H23ClN4O2/c1-28-12-16(19-11-18(31-2)7-8-22(19)28)13-29-10-9-21-20(14-29)24(30)27-23(26-21)15-3-5-17(25)6-4-15/h3-8,11-12H,9-10,13-14H2,1-2H3,(H,26,27,30). The summed E-state index contributed by atoms with van der Waals surface area (Å²) in [6.45, 7) is 2.20. The topological polar surface area (TPSA) is 63.1 Å². The van der Waals surface area contributed by atoms with Gasteiger partial charge in [-0.05, 0) is 48.0 Å². The fourth-order valence-corrected chi connectivity index (χ4v) is 4.43. The number of benzene rings is 2. The predicted octanol–water partition coefficient (Wildman–Crippen LogP) is 4.15. The van der Waals surface area contributed by atoms with E-state index in [0.29, 0.717) is 17.4 Å². The van der Waals surface area contributed by atoms with Crippen LogP contribution in [-0.4, -0.2) is 33.1 Å². The van der Waals surface area contributed by atoms with Crippen molar-refractivity contribution in [2.24, 2.45) is 7.05 Å². The molecule has 0 fully saturated rings. The molecule has 0 saturated carbocycles. The number of aromatic amines is 1. The molecule has 1 N–H and O–H groups in total. The Morgan fingerprint density at radius 2 is 2.00 bits per heavy atom. The van der Waals surface area contributed by atoms with Crippen molar-refractivity contribution in [3.63, 3.8) is 0 Å². The van der Waals surface area contributed by atoms with Gasteiger partial charge in [-0.2, -0.15) is 0 Å². The van der Waals surface area contributed by atoms with Crippen LogP contribution in [0.3, 0.4) is 0 Å². The van der Waals surface area contributed by atoms with Crippen molar-refractivity contribution < 1.29 is 4.74 Å². The Morgan fingerprint density at radius 3 is 2.77 bits per heavy atom. The molecule has 1 aliphatic rings. The van der Waals surface area contributed by atoms with Gasteiger partial charge in [0.25, 0.3) is 5.56 Å². The molecule has 158 valence electrons. The maximum absolute atomic E-state index is 12.9. The number of nitrogens with zero attached hydrogens (tertiary/aromatic N) is 3. The fourth-order valence-electron chi connectivity index (χ4n) is 4.31. The highest BCUT2D eigenvalue weighted by Crippen LogP contribution is 2.28. The van der Waals surface area contributed by atoms with Crippen LogP contribution in [0.5, 0.6) is 5.75 Å². The molecule has 1 aliphatic heterocycles. The highest BCUT2D eigenvalue weighted by molar-refractivity contribution is 6.30. The molecule has 0 aliphatic carbocycles. The number of hydrogen-bond donors (Lipinski definition) is 1. The van der Waals surface area contributed by atoms with Gasteiger partial charge in [0.1, 0.15) is 11.6 Å². The van der Waals surface area contributed by atoms with Gasteiger partial charge < -0.3 is 14.3 Å². The summed E-state index contributed by atoms with van der Waals surface area (Å²) in [7, 11) is 3.74. The number of nitrogens with one attached hydrogen (secondary N) is 1. The third kappa shape index (κ3) is 3.73. The van der Waals surface area contributed by atoms with Crippen LogP contribution in [0.4, 0.5) is 0 Å². The third-order valence-corrected chi connectivity index (χ3v) is 6.19. The Balaban J connectivity index is 1.42. The van der Waals surface area contributed by atoms with Crippen molar-refractivity contribution in [3.05, 3.63) is 80.9 Å². The number of aromatic nitrogens is 3. The largest absolute Gasteiger partial charge is 0.497 e. The summed E-state index contributed by atoms with van der Waals surface area (Å²) in [5, 5.41) is 1.84. The molecule has 0 bridgehead atoms. The van der Waals surface area contributed by atoms with Gasteiger partial charge in [-0.1, -0.05) is 11.6 Å². The van der Waals surface area contributed by atoms with E-state index in [4.69, 9.17) is 21.3 Å². The average molecular weight is 435 g/mol. The van der Waals surface area contributed by atoms with Crippen molar-refractivity contribution >= 4 is 22.5 Å². The molecule has 4 aromatic rings. The lowest BCUT2D eigenvalue weighted by molar-refractivity contribution is 0.242. The molecule has 0 radical (unpaired) electrons. The maximum atomic E-state index is 12.9. The van der Waals surface area contributed by atoms with Crippen LogP contribution in [0.1, 0.15) is 16.8 Å². The van der Waals surface area contributed by atoms with E-state index in [0.717, 1.165) is 42.1 Å². The monoisotopic (exact) mass is 434 g/mol. The number of methoxy groups -OCH3 is 1. The number of aryl methyl sites for hydroxylation is 1. The van der Waals surface area contributed by atoms with Gasteiger partial charge in [0.05, 0.1) is 18.4 Å². The molecule has 0 amide bonds. The van der Waals surface area contributed by atoms with Crippen molar-refractivity contribution in [2.75, 3.05) is 13.7 Å².